The third-order valence-electron chi connectivity index (χ3n) is 12.7. The van der Waals surface area contributed by atoms with Gasteiger partial charge in [0.25, 0.3) is 0 Å². The average Bonchev–Trinajstić information content (AvgIpc) is 3.34. The first-order valence-corrected chi connectivity index (χ1v) is 29.0. The minimum atomic E-state index is -0.815. The number of nitrogens with one attached hydrogen (secondary N) is 1. The molecule has 6 nitrogen and oxygen atoms in total. The first-order chi connectivity index (χ1) is 34.0. The molecule has 0 saturated heterocycles. The molecule has 0 rings (SSSR count). The normalized spacial score (nSPS) is 13.9. The van der Waals surface area contributed by atoms with Gasteiger partial charge in [0.2, 0.25) is 5.91 Å². The summed E-state index contributed by atoms with van der Waals surface area (Å²) in [5.41, 5.74) is 0. The topological polar surface area (TPSA) is 95.9 Å². The highest BCUT2D eigenvalue weighted by Crippen LogP contribution is 2.17. The summed E-state index contributed by atoms with van der Waals surface area (Å²) in [5, 5.41) is 23.9. The maximum Gasteiger partial charge on any atom is 0.306 e. The van der Waals surface area contributed by atoms with E-state index in [0.29, 0.717) is 25.7 Å². The van der Waals surface area contributed by atoms with E-state index in [1.165, 1.54) is 135 Å². The number of amides is 1. The molecule has 0 aromatic rings. The fourth-order valence-electron chi connectivity index (χ4n) is 8.32. The molecular formula is C63H109NO5. The van der Waals surface area contributed by atoms with Crippen molar-refractivity contribution in [1.82, 2.24) is 5.32 Å². The number of rotatable bonds is 51. The molecule has 0 bridgehead atoms. The summed E-state index contributed by atoms with van der Waals surface area (Å²) < 4.78 is 5.91. The number of ether oxygens (including phenoxy) is 1. The van der Waals surface area contributed by atoms with Crippen LogP contribution in [0.5, 0.6) is 0 Å². The zero-order valence-electron chi connectivity index (χ0n) is 45.2. The highest BCUT2D eigenvalue weighted by molar-refractivity contribution is 5.77. The van der Waals surface area contributed by atoms with E-state index in [4.69, 9.17) is 4.74 Å². The van der Waals surface area contributed by atoms with E-state index in [0.717, 1.165) is 77.0 Å². The summed E-state index contributed by atoms with van der Waals surface area (Å²) in [5.74, 6) is -0.581. The lowest BCUT2D eigenvalue weighted by Gasteiger charge is -2.24. The largest absolute Gasteiger partial charge is 0.462 e. The first kappa shape index (κ1) is 65.8. The van der Waals surface area contributed by atoms with Crippen LogP contribution in [0.1, 0.15) is 265 Å². The van der Waals surface area contributed by atoms with Gasteiger partial charge in [0.1, 0.15) is 6.10 Å². The van der Waals surface area contributed by atoms with Crippen LogP contribution in [0.4, 0.5) is 0 Å². The van der Waals surface area contributed by atoms with Crippen molar-refractivity contribution in [3.8, 4) is 0 Å². The van der Waals surface area contributed by atoms with Gasteiger partial charge in [0, 0.05) is 6.42 Å². The fourth-order valence-corrected chi connectivity index (χ4v) is 8.32. The van der Waals surface area contributed by atoms with Gasteiger partial charge in [0.15, 0.2) is 0 Å². The van der Waals surface area contributed by atoms with E-state index < -0.39 is 18.2 Å². The number of hydrogen-bond acceptors (Lipinski definition) is 5. The third kappa shape index (κ3) is 51.0. The number of carbonyl (C=O) groups excluding carboxylic acids is 2. The van der Waals surface area contributed by atoms with Crippen molar-refractivity contribution in [2.45, 2.75) is 283 Å². The Labute approximate surface area is 426 Å². The molecule has 3 atom stereocenters. The van der Waals surface area contributed by atoms with Crippen molar-refractivity contribution >= 4 is 11.9 Å². The van der Waals surface area contributed by atoms with Gasteiger partial charge in [0.05, 0.1) is 25.2 Å². The smallest absolute Gasteiger partial charge is 0.306 e. The molecule has 0 fully saturated rings. The maximum atomic E-state index is 13.3. The molecule has 6 heteroatoms. The molecule has 0 aromatic heterocycles. The molecule has 0 aliphatic heterocycles. The summed E-state index contributed by atoms with van der Waals surface area (Å²) in [7, 11) is 0. The fraction of sp³-hybridized carbons (Fsp3) is 0.714. The van der Waals surface area contributed by atoms with Crippen LogP contribution in [-0.4, -0.2) is 46.9 Å². The van der Waals surface area contributed by atoms with Gasteiger partial charge in [-0.05, 0) is 89.9 Å². The predicted molar refractivity (Wildman–Crippen MR) is 300 cm³/mol. The Balaban J connectivity index is 4.72. The molecule has 3 unspecified atom stereocenters. The average molecular weight is 961 g/mol. The zero-order chi connectivity index (χ0) is 50.2. The van der Waals surface area contributed by atoms with E-state index in [2.05, 4.69) is 117 Å². The molecule has 0 saturated carbocycles. The molecule has 0 aliphatic carbocycles. The van der Waals surface area contributed by atoms with Gasteiger partial charge >= 0.3 is 5.97 Å². The van der Waals surface area contributed by atoms with Crippen molar-refractivity contribution in [1.29, 1.82) is 0 Å². The van der Waals surface area contributed by atoms with Gasteiger partial charge in [-0.2, -0.15) is 0 Å². The Morgan fingerprint density at radius 2 is 0.797 bits per heavy atom. The van der Waals surface area contributed by atoms with Crippen molar-refractivity contribution < 1.29 is 24.5 Å². The SMILES string of the molecule is CCCCC/C=C\C/C=C\C/C=C\C/C=C\CCCC(=O)OC(CCCCC/C=C/C=C/C=C/C=C/CCCCC)CC(=O)NC(CO)C(O)CCCCCCCCCCCCCCCCCCC. The van der Waals surface area contributed by atoms with Gasteiger partial charge in [-0.3, -0.25) is 9.59 Å². The lowest BCUT2D eigenvalue weighted by Crippen LogP contribution is -2.46. The van der Waals surface area contributed by atoms with Crippen LogP contribution in [0.15, 0.2) is 97.2 Å². The lowest BCUT2D eigenvalue weighted by atomic mass is 10.0. The summed E-state index contributed by atoms with van der Waals surface area (Å²) in [4.78, 5) is 26.3. The number of esters is 1. The maximum absolute atomic E-state index is 13.3. The van der Waals surface area contributed by atoms with Crippen LogP contribution in [0, 0.1) is 0 Å². The van der Waals surface area contributed by atoms with Crippen LogP contribution in [-0.2, 0) is 14.3 Å². The number of unbranched alkanes of at least 4 members (excludes halogenated alkanes) is 26. The molecule has 0 spiro atoms. The molecule has 69 heavy (non-hydrogen) atoms. The Morgan fingerprint density at radius 1 is 0.435 bits per heavy atom. The van der Waals surface area contributed by atoms with Crippen molar-refractivity contribution in [2.24, 2.45) is 0 Å². The molecule has 0 radical (unpaired) electrons. The number of aliphatic hydroxyl groups excluding tert-OH is 2. The standard InChI is InChI=1S/C63H109NO5/c1-4-7-10-13-16-19-22-25-28-31-34-37-40-43-46-49-52-55-61(66)60(58-65)64-62(67)57-59(54-51-48-45-42-39-36-33-30-27-24-21-18-15-12-9-6-3)69-63(68)56-53-50-47-44-41-38-35-32-29-26-23-20-17-14-11-8-5-2/h17-18,20-21,24,26-27,29-30,33,35-36,38-39,44,47,59-61,65-66H,4-16,19,22-23,25,28,31-32,34,37,40-43,45-46,48-58H2,1-3H3,(H,64,67)/b20-17-,21-18+,27-24+,29-26-,33-30+,38-35-,39-36+,47-44-. The summed E-state index contributed by atoms with van der Waals surface area (Å²) in [6.45, 7) is 6.41. The minimum absolute atomic E-state index is 0.0252. The van der Waals surface area contributed by atoms with Gasteiger partial charge in [-0.15, -0.1) is 0 Å². The van der Waals surface area contributed by atoms with Crippen LogP contribution in [0.2, 0.25) is 0 Å². The Hall–Kier alpha value is -3.22. The molecule has 396 valence electrons. The van der Waals surface area contributed by atoms with Gasteiger partial charge in [-0.1, -0.05) is 259 Å². The number of hydrogen-bond donors (Lipinski definition) is 3. The number of carbonyl (C=O) groups is 2. The first-order valence-electron chi connectivity index (χ1n) is 29.0. The Kier molecular flexibility index (Phi) is 53.1. The molecular weight excluding hydrogens is 851 g/mol. The van der Waals surface area contributed by atoms with Crippen LogP contribution in [0.25, 0.3) is 0 Å². The van der Waals surface area contributed by atoms with Crippen LogP contribution in [0.3, 0.4) is 0 Å². The second kappa shape index (κ2) is 55.7. The van der Waals surface area contributed by atoms with E-state index in [1.54, 1.807) is 0 Å². The molecule has 1 amide bonds. The van der Waals surface area contributed by atoms with E-state index in [9.17, 15) is 19.8 Å². The molecule has 3 N–H and O–H groups in total. The van der Waals surface area contributed by atoms with E-state index in [1.807, 2.05) is 6.08 Å². The minimum Gasteiger partial charge on any atom is -0.462 e. The summed E-state index contributed by atoms with van der Waals surface area (Å²) in [6, 6.07) is -0.733. The van der Waals surface area contributed by atoms with Gasteiger partial charge in [-0.25, -0.2) is 0 Å². The van der Waals surface area contributed by atoms with Crippen LogP contribution >= 0.6 is 0 Å². The Bertz CT molecular complexity index is 1350. The Morgan fingerprint density at radius 3 is 1.28 bits per heavy atom. The second-order valence-corrected chi connectivity index (χ2v) is 19.4. The van der Waals surface area contributed by atoms with Crippen molar-refractivity contribution in [2.75, 3.05) is 6.61 Å². The zero-order valence-corrected chi connectivity index (χ0v) is 45.2. The molecule has 0 aliphatic rings. The summed E-state index contributed by atoms with van der Waals surface area (Å²) >= 11 is 0. The molecule has 0 aromatic carbocycles. The van der Waals surface area contributed by atoms with Crippen molar-refractivity contribution in [3.63, 3.8) is 0 Å². The summed E-state index contributed by atoms with van der Waals surface area (Å²) in [6.07, 6.45) is 74.7. The number of allylic oxidation sites excluding steroid dienone is 16. The van der Waals surface area contributed by atoms with E-state index in [-0.39, 0.29) is 24.9 Å². The van der Waals surface area contributed by atoms with Crippen molar-refractivity contribution in [3.05, 3.63) is 97.2 Å². The number of aliphatic hydroxyl groups is 2. The quantitative estimate of drug-likeness (QED) is 0.0244. The van der Waals surface area contributed by atoms with Crippen LogP contribution < -0.4 is 5.32 Å². The lowest BCUT2D eigenvalue weighted by molar-refractivity contribution is -0.151. The highest BCUT2D eigenvalue weighted by atomic mass is 16.5. The second-order valence-electron chi connectivity index (χ2n) is 19.4. The highest BCUT2D eigenvalue weighted by Gasteiger charge is 2.24. The monoisotopic (exact) mass is 960 g/mol. The third-order valence-corrected chi connectivity index (χ3v) is 12.7. The molecule has 0 heterocycles. The predicted octanol–water partition coefficient (Wildman–Crippen LogP) is 18.1. The van der Waals surface area contributed by atoms with Gasteiger partial charge < -0.3 is 20.3 Å². The van der Waals surface area contributed by atoms with E-state index >= 15 is 0 Å².